The molecule has 2 N–H and O–H groups in total. The molecule has 2 aromatic rings. The van der Waals surface area contributed by atoms with Gasteiger partial charge < -0.3 is 24.8 Å². The van der Waals surface area contributed by atoms with E-state index in [2.05, 4.69) is 54.8 Å². The summed E-state index contributed by atoms with van der Waals surface area (Å²) in [5.41, 5.74) is 2.39. The van der Waals surface area contributed by atoms with E-state index in [1.807, 2.05) is 12.1 Å². The van der Waals surface area contributed by atoms with Gasteiger partial charge in [-0.25, -0.2) is 0 Å². The third-order valence-corrected chi connectivity index (χ3v) is 4.87. The second-order valence-corrected chi connectivity index (χ2v) is 7.07. The predicted octanol–water partition coefficient (Wildman–Crippen LogP) is 3.83. The van der Waals surface area contributed by atoms with Gasteiger partial charge in [-0.2, -0.15) is 0 Å². The minimum atomic E-state index is 0.318. The van der Waals surface area contributed by atoms with E-state index in [0.717, 1.165) is 37.3 Å². The summed E-state index contributed by atoms with van der Waals surface area (Å²) in [6, 6.07) is 14.8. The third kappa shape index (κ3) is 6.87. The highest BCUT2D eigenvalue weighted by atomic mass is 16.5. The van der Waals surface area contributed by atoms with Crippen molar-refractivity contribution in [3.8, 4) is 17.2 Å². The molecule has 30 heavy (non-hydrogen) atoms. The predicted molar refractivity (Wildman–Crippen MR) is 123 cm³/mol. The first-order valence-electron chi connectivity index (χ1n) is 10.5. The Morgan fingerprint density at radius 1 is 0.933 bits per heavy atom. The fourth-order valence-electron chi connectivity index (χ4n) is 3.30. The average molecular weight is 414 g/mol. The molecule has 0 aliphatic heterocycles. The van der Waals surface area contributed by atoms with Crippen molar-refractivity contribution in [2.24, 2.45) is 4.99 Å². The van der Waals surface area contributed by atoms with E-state index < -0.39 is 0 Å². The smallest absolute Gasteiger partial charge is 0.203 e. The molecule has 1 atom stereocenters. The number of guanidine groups is 1. The van der Waals surface area contributed by atoms with Crippen molar-refractivity contribution in [2.75, 3.05) is 34.4 Å². The highest BCUT2D eigenvalue weighted by Crippen LogP contribution is 2.39. The van der Waals surface area contributed by atoms with Crippen LogP contribution >= 0.6 is 0 Å². The van der Waals surface area contributed by atoms with Gasteiger partial charge in [0, 0.05) is 24.7 Å². The van der Waals surface area contributed by atoms with Crippen molar-refractivity contribution in [2.45, 2.75) is 39.2 Å². The average Bonchev–Trinajstić information content (AvgIpc) is 2.77. The normalized spacial score (nSPS) is 12.2. The lowest BCUT2D eigenvalue weighted by molar-refractivity contribution is 0.322. The maximum Gasteiger partial charge on any atom is 0.203 e. The molecule has 0 saturated heterocycles. The molecule has 1 unspecified atom stereocenters. The van der Waals surface area contributed by atoms with Crippen LogP contribution in [0.2, 0.25) is 0 Å². The van der Waals surface area contributed by atoms with Crippen LogP contribution in [0.5, 0.6) is 17.2 Å². The van der Waals surface area contributed by atoms with Crippen LogP contribution in [0.1, 0.15) is 31.4 Å². The van der Waals surface area contributed by atoms with Gasteiger partial charge in [-0.1, -0.05) is 36.4 Å². The lowest BCUT2D eigenvalue weighted by atomic mass is 10.1. The summed E-state index contributed by atoms with van der Waals surface area (Å²) in [5, 5.41) is 6.84. The molecule has 0 aromatic heterocycles. The zero-order valence-electron chi connectivity index (χ0n) is 18.8. The van der Waals surface area contributed by atoms with E-state index in [-0.39, 0.29) is 0 Å². The Hall–Kier alpha value is -2.89. The van der Waals surface area contributed by atoms with Gasteiger partial charge in [0.05, 0.1) is 21.3 Å². The fraction of sp³-hybridized carbons (Fsp3) is 0.458. The lowest BCUT2D eigenvalue weighted by Crippen LogP contribution is -2.42. The van der Waals surface area contributed by atoms with Crippen molar-refractivity contribution >= 4 is 5.96 Å². The molecule has 6 heteroatoms. The number of ether oxygens (including phenoxy) is 3. The summed E-state index contributed by atoms with van der Waals surface area (Å²) in [6.07, 6.45) is 2.81. The molecular formula is C24H35N3O3. The van der Waals surface area contributed by atoms with E-state index in [0.29, 0.717) is 29.8 Å². The highest BCUT2D eigenvalue weighted by molar-refractivity contribution is 5.80. The van der Waals surface area contributed by atoms with E-state index in [1.54, 1.807) is 21.3 Å². The zero-order chi connectivity index (χ0) is 21.8. The minimum Gasteiger partial charge on any atom is -0.493 e. The largest absolute Gasteiger partial charge is 0.493 e. The van der Waals surface area contributed by atoms with Gasteiger partial charge in [0.2, 0.25) is 5.75 Å². The Morgan fingerprint density at radius 2 is 1.67 bits per heavy atom. The van der Waals surface area contributed by atoms with Gasteiger partial charge in [0.15, 0.2) is 17.5 Å². The van der Waals surface area contributed by atoms with Gasteiger partial charge in [-0.3, -0.25) is 4.99 Å². The van der Waals surface area contributed by atoms with Crippen LogP contribution < -0.4 is 24.8 Å². The molecule has 0 saturated carbocycles. The molecule has 2 aromatic carbocycles. The Labute approximate surface area is 180 Å². The molecule has 164 valence electrons. The summed E-state index contributed by atoms with van der Waals surface area (Å²) in [5.74, 6) is 2.80. The standard InChI is InChI=1S/C24H35N3O3/c1-6-25-24(27-18(2)12-13-19-10-8-7-9-11-19)26-17-16-20-14-15-21(28-3)23(30-5)22(20)29-4/h7-11,14-15,18H,6,12-13,16-17H2,1-5H3,(H2,25,26,27). The first kappa shape index (κ1) is 23.4. The Balaban J connectivity index is 1.97. The van der Waals surface area contributed by atoms with Crippen molar-refractivity contribution < 1.29 is 14.2 Å². The van der Waals surface area contributed by atoms with E-state index in [9.17, 15) is 0 Å². The molecule has 0 aliphatic rings. The number of methoxy groups -OCH3 is 3. The van der Waals surface area contributed by atoms with Crippen LogP contribution in [0.3, 0.4) is 0 Å². The molecule has 6 nitrogen and oxygen atoms in total. The number of hydrogen-bond acceptors (Lipinski definition) is 4. The first-order chi connectivity index (χ1) is 14.6. The number of benzene rings is 2. The van der Waals surface area contributed by atoms with Crippen molar-refractivity contribution in [3.05, 3.63) is 53.6 Å². The lowest BCUT2D eigenvalue weighted by Gasteiger charge is -2.18. The van der Waals surface area contributed by atoms with E-state index in [4.69, 9.17) is 19.2 Å². The molecule has 0 spiro atoms. The van der Waals surface area contributed by atoms with Crippen LogP contribution in [-0.2, 0) is 12.8 Å². The summed E-state index contributed by atoms with van der Waals surface area (Å²) in [6.45, 7) is 5.71. The molecule has 0 fully saturated rings. The molecule has 0 amide bonds. The zero-order valence-corrected chi connectivity index (χ0v) is 18.8. The van der Waals surface area contributed by atoms with E-state index >= 15 is 0 Å². The number of aliphatic imine (C=N–C) groups is 1. The maximum atomic E-state index is 5.57. The van der Waals surface area contributed by atoms with E-state index in [1.165, 1.54) is 5.56 Å². The molecule has 0 bridgehead atoms. The summed E-state index contributed by atoms with van der Waals surface area (Å²) in [4.78, 5) is 4.74. The summed E-state index contributed by atoms with van der Waals surface area (Å²) in [7, 11) is 4.88. The third-order valence-electron chi connectivity index (χ3n) is 4.87. The van der Waals surface area contributed by atoms with Crippen molar-refractivity contribution in [3.63, 3.8) is 0 Å². The van der Waals surface area contributed by atoms with Crippen LogP contribution in [0.25, 0.3) is 0 Å². The number of nitrogens with zero attached hydrogens (tertiary/aromatic N) is 1. The van der Waals surface area contributed by atoms with Crippen LogP contribution in [-0.4, -0.2) is 46.4 Å². The second kappa shape index (κ2) is 12.6. The topological polar surface area (TPSA) is 64.1 Å². The van der Waals surface area contributed by atoms with Gasteiger partial charge in [-0.15, -0.1) is 0 Å². The Morgan fingerprint density at radius 3 is 2.30 bits per heavy atom. The fourth-order valence-corrected chi connectivity index (χ4v) is 3.30. The van der Waals surface area contributed by atoms with Crippen molar-refractivity contribution in [1.29, 1.82) is 0 Å². The van der Waals surface area contributed by atoms with Gasteiger partial charge in [0.1, 0.15) is 0 Å². The first-order valence-corrected chi connectivity index (χ1v) is 10.5. The number of hydrogen-bond donors (Lipinski definition) is 2. The molecule has 0 aliphatic carbocycles. The molecular weight excluding hydrogens is 378 g/mol. The summed E-state index contributed by atoms with van der Waals surface area (Å²) >= 11 is 0. The van der Waals surface area contributed by atoms with Gasteiger partial charge >= 0.3 is 0 Å². The molecule has 0 radical (unpaired) electrons. The van der Waals surface area contributed by atoms with Crippen LogP contribution in [0.4, 0.5) is 0 Å². The molecule has 2 rings (SSSR count). The number of aryl methyl sites for hydroxylation is 1. The molecule has 0 heterocycles. The Kier molecular flexibility index (Phi) is 9.84. The summed E-state index contributed by atoms with van der Waals surface area (Å²) < 4.78 is 16.4. The van der Waals surface area contributed by atoms with Crippen molar-refractivity contribution in [1.82, 2.24) is 10.6 Å². The van der Waals surface area contributed by atoms with Crippen LogP contribution in [0.15, 0.2) is 47.5 Å². The Bertz CT molecular complexity index is 794. The van der Waals surface area contributed by atoms with Gasteiger partial charge in [0.25, 0.3) is 0 Å². The minimum absolute atomic E-state index is 0.318. The maximum absolute atomic E-state index is 5.57. The monoisotopic (exact) mass is 413 g/mol. The number of rotatable bonds is 11. The SMILES string of the molecule is CCNC(=NCCc1ccc(OC)c(OC)c1OC)NC(C)CCc1ccccc1. The van der Waals surface area contributed by atoms with Crippen LogP contribution in [0, 0.1) is 0 Å². The second-order valence-electron chi connectivity index (χ2n) is 7.07. The quantitative estimate of drug-likeness (QED) is 0.433. The van der Waals surface area contributed by atoms with Gasteiger partial charge in [-0.05, 0) is 44.7 Å². The number of nitrogens with one attached hydrogen (secondary N) is 2. The highest BCUT2D eigenvalue weighted by Gasteiger charge is 2.15.